The second kappa shape index (κ2) is 7.74. The van der Waals surface area contributed by atoms with Crippen LogP contribution in [0.1, 0.15) is 23.6 Å². The Hall–Kier alpha value is -2.40. The predicted molar refractivity (Wildman–Crippen MR) is 85.4 cm³/mol. The van der Waals surface area contributed by atoms with Crippen LogP contribution < -0.4 is 10.1 Å². The molecule has 122 valence electrons. The van der Waals surface area contributed by atoms with Crippen molar-refractivity contribution >= 4 is 5.91 Å². The molecule has 4 nitrogen and oxygen atoms in total. The van der Waals surface area contributed by atoms with Crippen LogP contribution in [0.2, 0.25) is 0 Å². The van der Waals surface area contributed by atoms with Crippen molar-refractivity contribution in [2.24, 2.45) is 0 Å². The number of hydrogen-bond donors (Lipinski definition) is 2. The third kappa shape index (κ3) is 4.79. The number of rotatable bonds is 6. The van der Waals surface area contributed by atoms with E-state index >= 15 is 0 Å². The molecular weight excluding hydrogens is 297 g/mol. The van der Waals surface area contributed by atoms with Crippen molar-refractivity contribution in [1.82, 2.24) is 5.32 Å². The molecule has 1 amide bonds. The van der Waals surface area contributed by atoms with Gasteiger partial charge in [-0.25, -0.2) is 4.39 Å². The minimum absolute atomic E-state index is 0.209. The van der Waals surface area contributed by atoms with Gasteiger partial charge < -0.3 is 15.2 Å². The topological polar surface area (TPSA) is 58.6 Å². The molecule has 2 rings (SSSR count). The van der Waals surface area contributed by atoms with Crippen molar-refractivity contribution in [3.63, 3.8) is 0 Å². The number of benzene rings is 2. The Balaban J connectivity index is 1.89. The molecule has 2 aromatic rings. The van der Waals surface area contributed by atoms with Crippen LogP contribution >= 0.6 is 0 Å². The summed E-state index contributed by atoms with van der Waals surface area (Å²) in [6.45, 7) is 3.51. The van der Waals surface area contributed by atoms with Crippen LogP contribution in [-0.2, 0) is 17.9 Å². The molecule has 0 saturated carbocycles. The minimum Gasteiger partial charge on any atom is -0.481 e. The van der Waals surface area contributed by atoms with Crippen LogP contribution in [0.3, 0.4) is 0 Å². The average molecular weight is 317 g/mol. The maximum absolute atomic E-state index is 13.3. The van der Waals surface area contributed by atoms with Crippen molar-refractivity contribution in [3.05, 3.63) is 65.0 Å². The molecule has 0 fully saturated rings. The van der Waals surface area contributed by atoms with E-state index < -0.39 is 11.9 Å². The van der Waals surface area contributed by atoms with Crippen LogP contribution in [0.4, 0.5) is 4.39 Å². The van der Waals surface area contributed by atoms with E-state index in [0.29, 0.717) is 11.3 Å². The molecule has 1 atom stereocenters. The van der Waals surface area contributed by atoms with Gasteiger partial charge in [-0.3, -0.25) is 4.79 Å². The highest BCUT2D eigenvalue weighted by Gasteiger charge is 2.14. The smallest absolute Gasteiger partial charge is 0.261 e. The first-order chi connectivity index (χ1) is 11.0. The molecule has 0 bridgehead atoms. The van der Waals surface area contributed by atoms with Crippen LogP contribution in [0.5, 0.6) is 5.75 Å². The fourth-order valence-electron chi connectivity index (χ4n) is 2.07. The van der Waals surface area contributed by atoms with E-state index in [1.807, 2.05) is 31.2 Å². The van der Waals surface area contributed by atoms with E-state index in [2.05, 4.69) is 5.32 Å². The molecule has 5 heteroatoms. The monoisotopic (exact) mass is 317 g/mol. The van der Waals surface area contributed by atoms with E-state index in [1.54, 1.807) is 13.0 Å². The normalized spacial score (nSPS) is 11.8. The number of aryl methyl sites for hydroxylation is 1. The molecule has 23 heavy (non-hydrogen) atoms. The SMILES string of the molecule is Cc1ccc(OC(C)C(=O)NCc2ccc(F)c(CO)c2)cc1. The highest BCUT2D eigenvalue weighted by Crippen LogP contribution is 2.14. The molecule has 0 aliphatic heterocycles. The lowest BCUT2D eigenvalue weighted by molar-refractivity contribution is -0.127. The molecule has 0 radical (unpaired) electrons. The van der Waals surface area contributed by atoms with E-state index in [9.17, 15) is 9.18 Å². The molecular formula is C18H20FNO3. The van der Waals surface area contributed by atoms with Gasteiger partial charge in [0.1, 0.15) is 11.6 Å². The zero-order chi connectivity index (χ0) is 16.8. The number of hydrogen-bond acceptors (Lipinski definition) is 3. The molecule has 0 aliphatic rings. The van der Waals surface area contributed by atoms with Crippen LogP contribution in [-0.4, -0.2) is 17.1 Å². The first kappa shape index (κ1) is 17.0. The second-order valence-corrected chi connectivity index (χ2v) is 5.37. The fourth-order valence-corrected chi connectivity index (χ4v) is 2.07. The average Bonchev–Trinajstić information content (AvgIpc) is 2.55. The number of ether oxygens (including phenoxy) is 1. The number of nitrogens with one attached hydrogen (secondary N) is 1. The number of carbonyl (C=O) groups is 1. The lowest BCUT2D eigenvalue weighted by Crippen LogP contribution is -2.35. The first-order valence-corrected chi connectivity index (χ1v) is 7.39. The molecule has 0 spiro atoms. The van der Waals surface area contributed by atoms with Crippen LogP contribution in [0.15, 0.2) is 42.5 Å². The molecule has 2 aromatic carbocycles. The van der Waals surface area contributed by atoms with Gasteiger partial charge in [-0.2, -0.15) is 0 Å². The summed E-state index contributed by atoms with van der Waals surface area (Å²) in [5.74, 6) is -0.0957. The minimum atomic E-state index is -0.643. The van der Waals surface area contributed by atoms with Crippen molar-refractivity contribution < 1.29 is 19.0 Å². The van der Waals surface area contributed by atoms with Crippen LogP contribution in [0.25, 0.3) is 0 Å². The Bertz CT molecular complexity index is 670. The number of halogens is 1. The quantitative estimate of drug-likeness (QED) is 0.861. The molecule has 2 N–H and O–H groups in total. The summed E-state index contributed by atoms with van der Waals surface area (Å²) < 4.78 is 18.9. The fraction of sp³-hybridized carbons (Fsp3) is 0.278. The van der Waals surface area contributed by atoms with E-state index in [1.165, 1.54) is 12.1 Å². The molecule has 0 aliphatic carbocycles. The van der Waals surface area contributed by atoms with Gasteiger partial charge in [0, 0.05) is 12.1 Å². The maximum Gasteiger partial charge on any atom is 0.261 e. The zero-order valence-electron chi connectivity index (χ0n) is 13.2. The summed E-state index contributed by atoms with van der Waals surface area (Å²) in [7, 11) is 0. The van der Waals surface area contributed by atoms with Crippen molar-refractivity contribution in [2.45, 2.75) is 33.1 Å². The zero-order valence-corrected chi connectivity index (χ0v) is 13.2. The predicted octanol–water partition coefficient (Wildman–Crippen LogP) is 2.71. The van der Waals surface area contributed by atoms with Crippen molar-refractivity contribution in [2.75, 3.05) is 0 Å². The highest BCUT2D eigenvalue weighted by molar-refractivity contribution is 5.80. The number of aliphatic hydroxyl groups excluding tert-OH is 1. The van der Waals surface area contributed by atoms with Gasteiger partial charge in [0.15, 0.2) is 6.10 Å². The van der Waals surface area contributed by atoms with Crippen LogP contribution in [0, 0.1) is 12.7 Å². The molecule has 0 heterocycles. The Morgan fingerprint density at radius 2 is 1.96 bits per heavy atom. The Morgan fingerprint density at radius 3 is 2.61 bits per heavy atom. The second-order valence-electron chi connectivity index (χ2n) is 5.37. The lowest BCUT2D eigenvalue weighted by atomic mass is 10.1. The molecule has 1 unspecified atom stereocenters. The summed E-state index contributed by atoms with van der Waals surface area (Å²) in [5.41, 5.74) is 2.04. The number of aliphatic hydroxyl groups is 1. The number of amides is 1. The summed E-state index contributed by atoms with van der Waals surface area (Å²) in [6, 6.07) is 11.8. The molecule has 0 aromatic heterocycles. The Kier molecular flexibility index (Phi) is 5.71. The third-order valence-electron chi connectivity index (χ3n) is 3.45. The largest absolute Gasteiger partial charge is 0.481 e. The summed E-state index contributed by atoms with van der Waals surface area (Å²) in [6.07, 6.45) is -0.643. The van der Waals surface area contributed by atoms with Gasteiger partial charge in [0.2, 0.25) is 0 Å². The van der Waals surface area contributed by atoms with Crippen molar-refractivity contribution in [3.8, 4) is 5.75 Å². The van der Waals surface area contributed by atoms with E-state index in [-0.39, 0.29) is 24.6 Å². The summed E-state index contributed by atoms with van der Waals surface area (Å²) in [5, 5.41) is 11.8. The third-order valence-corrected chi connectivity index (χ3v) is 3.45. The van der Waals surface area contributed by atoms with Gasteiger partial charge in [0.05, 0.1) is 6.61 Å². The van der Waals surface area contributed by atoms with Gasteiger partial charge in [-0.1, -0.05) is 23.8 Å². The van der Waals surface area contributed by atoms with E-state index in [0.717, 1.165) is 5.56 Å². The van der Waals surface area contributed by atoms with Crippen molar-refractivity contribution in [1.29, 1.82) is 0 Å². The van der Waals surface area contributed by atoms with Gasteiger partial charge in [-0.05, 0) is 43.7 Å². The Labute approximate surface area is 134 Å². The number of carbonyl (C=O) groups excluding carboxylic acids is 1. The summed E-state index contributed by atoms with van der Waals surface area (Å²) in [4.78, 5) is 12.0. The standard InChI is InChI=1S/C18H20FNO3/c1-12-3-6-16(7-4-12)23-13(2)18(22)20-10-14-5-8-17(19)15(9-14)11-21/h3-9,13,21H,10-11H2,1-2H3,(H,20,22). The Morgan fingerprint density at radius 1 is 1.26 bits per heavy atom. The van der Waals surface area contributed by atoms with Gasteiger partial charge in [0.25, 0.3) is 5.91 Å². The highest BCUT2D eigenvalue weighted by atomic mass is 19.1. The molecule has 0 saturated heterocycles. The van der Waals surface area contributed by atoms with E-state index in [4.69, 9.17) is 9.84 Å². The maximum atomic E-state index is 13.3. The first-order valence-electron chi connectivity index (χ1n) is 7.39. The lowest BCUT2D eigenvalue weighted by Gasteiger charge is -2.15. The van der Waals surface area contributed by atoms with Gasteiger partial charge >= 0.3 is 0 Å². The summed E-state index contributed by atoms with van der Waals surface area (Å²) >= 11 is 0. The van der Waals surface area contributed by atoms with Gasteiger partial charge in [-0.15, -0.1) is 0 Å².